The normalized spacial score (nSPS) is 42.4. The fraction of sp³-hybridized carbons (Fsp3) is 0.545. The van der Waals surface area contributed by atoms with Gasteiger partial charge in [-0.1, -0.05) is 46.4 Å². The van der Waals surface area contributed by atoms with Crippen LogP contribution in [0.15, 0.2) is 10.1 Å². The van der Waals surface area contributed by atoms with Gasteiger partial charge in [-0.25, -0.2) is 0 Å². The highest BCUT2D eigenvalue weighted by Crippen LogP contribution is 2.77. The number of carboxylic acid groups (broad SMARTS) is 1. The zero-order valence-corrected chi connectivity index (χ0v) is 14.8. The molecule has 120 valence electrons. The summed E-state index contributed by atoms with van der Waals surface area (Å²) in [6, 6.07) is 0. The van der Waals surface area contributed by atoms with Crippen molar-refractivity contribution in [1.29, 1.82) is 0 Å². The minimum atomic E-state index is -2.01. The molecule has 0 aromatic heterocycles. The molecule has 1 aliphatic heterocycles. The van der Waals surface area contributed by atoms with E-state index in [-0.39, 0.29) is 10.1 Å². The molecule has 5 nitrogen and oxygen atoms in total. The molecule has 3 aliphatic rings. The van der Waals surface area contributed by atoms with Crippen molar-refractivity contribution in [3.8, 4) is 0 Å². The monoisotopic (exact) mass is 425 g/mol. The van der Waals surface area contributed by atoms with E-state index in [0.717, 1.165) is 0 Å². The van der Waals surface area contributed by atoms with Crippen molar-refractivity contribution in [3.05, 3.63) is 10.1 Å². The number of carboxylic acids is 1. The topological polar surface area (TPSA) is 74.7 Å². The first-order valence-corrected chi connectivity index (χ1v) is 8.09. The second-order valence-corrected chi connectivity index (χ2v) is 8.51. The Bertz CT molecular complexity index is 631. The van der Waals surface area contributed by atoms with Crippen LogP contribution in [-0.2, 0) is 14.4 Å². The summed E-state index contributed by atoms with van der Waals surface area (Å²) in [4.78, 5) is 32.5. The lowest BCUT2D eigenvalue weighted by Gasteiger charge is -2.34. The van der Waals surface area contributed by atoms with Gasteiger partial charge >= 0.3 is 5.97 Å². The number of hydrogen-bond acceptors (Lipinski definition) is 3. The lowest BCUT2D eigenvalue weighted by atomic mass is 9.84. The molecule has 1 saturated carbocycles. The molecule has 2 fully saturated rings. The average Bonchev–Trinajstić information content (AvgIpc) is 2.78. The first kappa shape index (κ1) is 16.9. The van der Waals surface area contributed by atoms with Crippen molar-refractivity contribution in [3.63, 3.8) is 0 Å². The molecule has 0 aromatic carbocycles. The summed E-state index contributed by atoms with van der Waals surface area (Å²) in [6.45, 7) is -0.822. The summed E-state index contributed by atoms with van der Waals surface area (Å²) in [7, 11) is 0. The largest absolute Gasteiger partial charge is 0.480 e. The van der Waals surface area contributed by atoms with Crippen molar-refractivity contribution in [1.82, 2.24) is 4.90 Å². The van der Waals surface area contributed by atoms with Crippen LogP contribution in [0.2, 0.25) is 0 Å². The molecule has 2 bridgehead atoms. The van der Waals surface area contributed by atoms with Crippen molar-refractivity contribution in [2.75, 3.05) is 6.54 Å². The Balaban J connectivity index is 2.21. The van der Waals surface area contributed by atoms with E-state index in [1.54, 1.807) is 0 Å². The molecular formula is C11H5Cl6NO4. The molecule has 0 radical (unpaired) electrons. The van der Waals surface area contributed by atoms with Gasteiger partial charge in [0.15, 0.2) is 4.33 Å². The number of alkyl halides is 4. The predicted octanol–water partition coefficient (Wildman–Crippen LogP) is 2.52. The quantitative estimate of drug-likeness (QED) is 0.543. The third-order valence-corrected chi connectivity index (χ3v) is 8.55. The summed E-state index contributed by atoms with van der Waals surface area (Å²) < 4.78 is -2.01. The number of halogens is 6. The van der Waals surface area contributed by atoms with E-state index in [9.17, 15) is 14.4 Å². The molecule has 0 spiro atoms. The van der Waals surface area contributed by atoms with Crippen LogP contribution in [0.5, 0.6) is 0 Å². The Morgan fingerprint density at radius 2 is 1.36 bits per heavy atom. The van der Waals surface area contributed by atoms with Gasteiger partial charge < -0.3 is 5.11 Å². The minimum absolute atomic E-state index is 0.213. The number of imide groups is 1. The van der Waals surface area contributed by atoms with Gasteiger partial charge in [-0.3, -0.25) is 19.3 Å². The standard InChI is InChI=1S/C11H5Cl6NO4/c12-5-6(13)10(15)4-3(9(5,14)11(10,16)17)7(21)18(8(4)22)1-2(19)20/h3-4H,1H2,(H,19,20)/t3-,4+,9-,10-/m0/s1. The maximum absolute atomic E-state index is 12.5. The first-order valence-electron chi connectivity index (χ1n) is 5.82. The van der Waals surface area contributed by atoms with Crippen molar-refractivity contribution in [2.45, 2.75) is 14.1 Å². The zero-order valence-electron chi connectivity index (χ0n) is 10.2. The summed E-state index contributed by atoms with van der Waals surface area (Å²) in [5.41, 5.74) is 0. The third kappa shape index (κ3) is 1.49. The number of rotatable bonds is 2. The number of carbonyl (C=O) groups is 3. The van der Waals surface area contributed by atoms with Gasteiger partial charge in [-0.2, -0.15) is 0 Å². The Morgan fingerprint density at radius 3 is 1.68 bits per heavy atom. The highest BCUT2D eigenvalue weighted by atomic mass is 35.5. The SMILES string of the molecule is O=C(O)CN1C(=O)[C@@H]2[C@H](C1=O)[C@]1(Cl)C(Cl)=C(Cl)[C@]2(Cl)C1(Cl)Cl. The number of carbonyl (C=O) groups excluding carboxylic acids is 2. The van der Waals surface area contributed by atoms with Gasteiger partial charge in [0.05, 0.1) is 21.9 Å². The molecule has 1 N–H and O–H groups in total. The van der Waals surface area contributed by atoms with E-state index in [2.05, 4.69) is 0 Å². The van der Waals surface area contributed by atoms with E-state index >= 15 is 0 Å². The number of aliphatic carboxylic acids is 1. The van der Waals surface area contributed by atoms with Gasteiger partial charge in [0.2, 0.25) is 11.8 Å². The fourth-order valence-electron chi connectivity index (χ4n) is 3.34. The molecule has 1 saturated heterocycles. The van der Waals surface area contributed by atoms with E-state index in [4.69, 9.17) is 74.7 Å². The van der Waals surface area contributed by atoms with E-state index in [1.165, 1.54) is 0 Å². The van der Waals surface area contributed by atoms with E-state index in [0.29, 0.717) is 4.90 Å². The molecule has 2 aliphatic carbocycles. The maximum Gasteiger partial charge on any atom is 0.323 e. The van der Waals surface area contributed by atoms with Gasteiger partial charge in [-0.05, 0) is 0 Å². The second kappa shape index (κ2) is 4.58. The number of likely N-dealkylation sites (tertiary alicyclic amines) is 1. The number of amides is 2. The number of fused-ring (bicyclic) bond motifs is 5. The Kier molecular flexibility index (Phi) is 3.53. The zero-order chi connectivity index (χ0) is 16.8. The van der Waals surface area contributed by atoms with Gasteiger partial charge in [0, 0.05) is 0 Å². The lowest BCUT2D eigenvalue weighted by Crippen LogP contribution is -2.50. The molecular weight excluding hydrogens is 423 g/mol. The number of hydrogen-bond donors (Lipinski definition) is 1. The molecule has 0 aromatic rings. The predicted molar refractivity (Wildman–Crippen MR) is 81.7 cm³/mol. The first-order chi connectivity index (χ1) is 9.94. The molecule has 1 heterocycles. The highest BCUT2D eigenvalue weighted by molar-refractivity contribution is 6.66. The summed E-state index contributed by atoms with van der Waals surface area (Å²) in [6.07, 6.45) is 0. The van der Waals surface area contributed by atoms with Crippen LogP contribution in [0.1, 0.15) is 0 Å². The van der Waals surface area contributed by atoms with E-state index < -0.39 is 50.2 Å². The maximum atomic E-state index is 12.5. The van der Waals surface area contributed by atoms with Gasteiger partial charge in [0.25, 0.3) is 0 Å². The van der Waals surface area contributed by atoms with Gasteiger partial charge in [-0.15, -0.1) is 23.2 Å². The van der Waals surface area contributed by atoms with Crippen LogP contribution in [0.3, 0.4) is 0 Å². The van der Waals surface area contributed by atoms with Gasteiger partial charge in [0.1, 0.15) is 16.3 Å². The molecule has 0 unspecified atom stereocenters. The van der Waals surface area contributed by atoms with Crippen LogP contribution < -0.4 is 0 Å². The lowest BCUT2D eigenvalue weighted by molar-refractivity contribution is -0.149. The molecule has 2 amide bonds. The van der Waals surface area contributed by atoms with Crippen molar-refractivity contribution < 1.29 is 19.5 Å². The molecule has 4 atom stereocenters. The summed E-state index contributed by atoms with van der Waals surface area (Å²) >= 11 is 37.5. The van der Waals surface area contributed by atoms with Crippen LogP contribution in [0.4, 0.5) is 0 Å². The Labute approximate surface area is 154 Å². The smallest absolute Gasteiger partial charge is 0.323 e. The van der Waals surface area contributed by atoms with Crippen LogP contribution >= 0.6 is 69.6 Å². The second-order valence-electron chi connectivity index (χ2n) is 5.24. The Hall–Kier alpha value is 0.0900. The summed E-state index contributed by atoms with van der Waals surface area (Å²) in [5, 5.41) is 8.40. The minimum Gasteiger partial charge on any atom is -0.480 e. The fourth-order valence-corrected chi connectivity index (χ4v) is 6.27. The Morgan fingerprint density at radius 1 is 1.00 bits per heavy atom. The van der Waals surface area contributed by atoms with E-state index in [1.807, 2.05) is 0 Å². The van der Waals surface area contributed by atoms with Crippen molar-refractivity contribution in [2.24, 2.45) is 11.8 Å². The number of allylic oxidation sites excluding steroid dienone is 2. The highest BCUT2D eigenvalue weighted by Gasteiger charge is 2.87. The molecule has 3 rings (SSSR count). The molecule has 11 heteroatoms. The molecule has 22 heavy (non-hydrogen) atoms. The van der Waals surface area contributed by atoms with Crippen molar-refractivity contribution >= 4 is 87.4 Å². The van der Waals surface area contributed by atoms with Crippen LogP contribution in [0, 0.1) is 11.8 Å². The third-order valence-electron chi connectivity index (χ3n) is 4.29. The van der Waals surface area contributed by atoms with Crippen LogP contribution in [0.25, 0.3) is 0 Å². The van der Waals surface area contributed by atoms with Crippen LogP contribution in [-0.4, -0.2) is 48.4 Å². The average molecular weight is 428 g/mol. The number of nitrogens with zero attached hydrogens (tertiary/aromatic N) is 1. The summed E-state index contributed by atoms with van der Waals surface area (Å²) in [5.74, 6) is -5.63.